The Hall–Kier alpha value is -2.92. The largest absolute Gasteiger partial charge is 0.487 e. The van der Waals surface area contributed by atoms with Crippen molar-refractivity contribution in [2.75, 3.05) is 5.32 Å². The Balaban J connectivity index is 1.56. The van der Waals surface area contributed by atoms with Crippen molar-refractivity contribution in [3.8, 4) is 5.75 Å². The Morgan fingerprint density at radius 2 is 1.81 bits per heavy atom. The van der Waals surface area contributed by atoms with E-state index in [1.807, 2.05) is 68.6 Å². The lowest BCUT2D eigenvalue weighted by Crippen LogP contribution is -2.10. The summed E-state index contributed by atoms with van der Waals surface area (Å²) in [5, 5.41) is 5.98. The molecule has 3 rings (SSSR count). The molecular weight excluding hydrogens is 356 g/mol. The van der Waals surface area contributed by atoms with E-state index in [-0.39, 0.29) is 5.91 Å². The van der Waals surface area contributed by atoms with E-state index in [2.05, 4.69) is 10.3 Å². The maximum atomic E-state index is 12.2. The average molecular weight is 378 g/mol. The van der Waals surface area contributed by atoms with Crippen LogP contribution in [0.3, 0.4) is 0 Å². The van der Waals surface area contributed by atoms with Crippen molar-refractivity contribution in [3.63, 3.8) is 0 Å². The lowest BCUT2D eigenvalue weighted by Gasteiger charge is -2.09. The third-order valence-corrected chi connectivity index (χ3v) is 4.91. The van der Waals surface area contributed by atoms with E-state index < -0.39 is 0 Å². The van der Waals surface area contributed by atoms with Gasteiger partial charge in [0.1, 0.15) is 12.4 Å². The summed E-state index contributed by atoms with van der Waals surface area (Å²) < 4.78 is 5.73. The van der Waals surface area contributed by atoms with Crippen LogP contribution in [0.2, 0.25) is 0 Å². The molecule has 0 unspecified atom stereocenters. The molecule has 0 aliphatic heterocycles. The molecule has 1 aromatic heterocycles. The van der Waals surface area contributed by atoms with Gasteiger partial charge < -0.3 is 10.1 Å². The van der Waals surface area contributed by atoms with Crippen molar-refractivity contribution in [3.05, 3.63) is 81.3 Å². The lowest BCUT2D eigenvalue weighted by molar-refractivity contribution is -0.111. The van der Waals surface area contributed by atoms with E-state index in [1.165, 1.54) is 0 Å². The third-order valence-electron chi connectivity index (χ3n) is 4.09. The maximum Gasteiger partial charge on any atom is 0.248 e. The van der Waals surface area contributed by atoms with Crippen LogP contribution in [-0.2, 0) is 11.4 Å². The molecule has 1 amide bonds. The molecule has 0 radical (unpaired) electrons. The second-order valence-corrected chi connectivity index (χ2v) is 7.37. The van der Waals surface area contributed by atoms with Gasteiger partial charge in [-0.15, -0.1) is 11.3 Å². The van der Waals surface area contributed by atoms with E-state index in [0.717, 1.165) is 38.8 Å². The van der Waals surface area contributed by atoms with Crippen molar-refractivity contribution >= 4 is 29.0 Å². The molecule has 1 heterocycles. The van der Waals surface area contributed by atoms with Gasteiger partial charge in [-0.05, 0) is 55.7 Å². The molecule has 0 saturated heterocycles. The second kappa shape index (κ2) is 8.64. The van der Waals surface area contributed by atoms with E-state index >= 15 is 0 Å². The maximum absolute atomic E-state index is 12.2. The molecule has 138 valence electrons. The van der Waals surface area contributed by atoms with Gasteiger partial charge >= 0.3 is 0 Å². The Kier molecular flexibility index (Phi) is 6.04. The zero-order valence-electron chi connectivity index (χ0n) is 15.7. The topological polar surface area (TPSA) is 51.2 Å². The third kappa shape index (κ3) is 5.28. The highest BCUT2D eigenvalue weighted by Gasteiger charge is 2.04. The quantitative estimate of drug-likeness (QED) is 0.592. The Labute approximate surface area is 163 Å². The Morgan fingerprint density at radius 1 is 1.11 bits per heavy atom. The minimum absolute atomic E-state index is 0.147. The first-order valence-electron chi connectivity index (χ1n) is 8.70. The number of benzene rings is 2. The molecular formula is C22H22N2O2S. The zero-order chi connectivity index (χ0) is 19.2. The predicted octanol–water partition coefficient (Wildman–Crippen LogP) is 5.30. The molecule has 4 nitrogen and oxygen atoms in total. The first kappa shape index (κ1) is 18.9. The summed E-state index contributed by atoms with van der Waals surface area (Å²) in [6.07, 6.45) is 3.33. The average Bonchev–Trinajstić information content (AvgIpc) is 3.07. The summed E-state index contributed by atoms with van der Waals surface area (Å²) >= 11 is 1.62. The van der Waals surface area contributed by atoms with Crippen LogP contribution >= 0.6 is 11.3 Å². The number of rotatable bonds is 6. The van der Waals surface area contributed by atoms with Crippen LogP contribution in [0.5, 0.6) is 5.75 Å². The number of thiazole rings is 1. The van der Waals surface area contributed by atoms with Gasteiger partial charge in [0.2, 0.25) is 5.91 Å². The summed E-state index contributed by atoms with van der Waals surface area (Å²) in [4.78, 5) is 16.6. The molecule has 0 bridgehead atoms. The standard InChI is InChI=1S/C22H22N2O2S/c1-15-5-4-6-16(2)22(15)24-21(25)12-9-18-7-10-20(11-8-18)26-13-19-14-27-17(3)23-19/h4-12,14H,13H2,1-3H3,(H,24,25). The first-order chi connectivity index (χ1) is 13.0. The van der Waals surface area contributed by atoms with Crippen LogP contribution in [-0.4, -0.2) is 10.9 Å². The number of carbonyl (C=O) groups excluding carboxylic acids is 1. The highest BCUT2D eigenvalue weighted by molar-refractivity contribution is 7.09. The molecule has 1 N–H and O–H groups in total. The number of aromatic nitrogens is 1. The Morgan fingerprint density at radius 3 is 2.44 bits per heavy atom. The molecule has 0 fully saturated rings. The van der Waals surface area contributed by atoms with Gasteiger partial charge in [0.15, 0.2) is 0 Å². The summed E-state index contributed by atoms with van der Waals surface area (Å²) in [6, 6.07) is 13.6. The van der Waals surface area contributed by atoms with Crippen molar-refractivity contribution in [2.45, 2.75) is 27.4 Å². The monoisotopic (exact) mass is 378 g/mol. The number of anilines is 1. The highest BCUT2D eigenvalue weighted by atomic mass is 32.1. The smallest absolute Gasteiger partial charge is 0.248 e. The second-order valence-electron chi connectivity index (χ2n) is 6.30. The summed E-state index contributed by atoms with van der Waals surface area (Å²) in [5.74, 6) is 0.629. The number of nitrogens with zero attached hydrogens (tertiary/aromatic N) is 1. The van der Waals surface area contributed by atoms with Crippen molar-refractivity contribution in [1.29, 1.82) is 0 Å². The van der Waals surface area contributed by atoms with Crippen LogP contribution in [0.15, 0.2) is 53.9 Å². The fourth-order valence-corrected chi connectivity index (χ4v) is 3.25. The molecule has 5 heteroatoms. The van der Waals surface area contributed by atoms with Crippen LogP contribution in [0.4, 0.5) is 5.69 Å². The summed E-state index contributed by atoms with van der Waals surface area (Å²) in [6.45, 7) is 6.40. The molecule has 0 saturated carbocycles. The van der Waals surface area contributed by atoms with Gasteiger partial charge in [-0.2, -0.15) is 0 Å². The first-order valence-corrected chi connectivity index (χ1v) is 9.58. The number of hydrogen-bond acceptors (Lipinski definition) is 4. The van der Waals surface area contributed by atoms with Crippen LogP contribution < -0.4 is 10.1 Å². The van der Waals surface area contributed by atoms with Gasteiger partial charge in [0.25, 0.3) is 0 Å². The van der Waals surface area contributed by atoms with Gasteiger partial charge in [-0.3, -0.25) is 4.79 Å². The number of ether oxygens (including phenoxy) is 1. The number of carbonyl (C=O) groups is 1. The molecule has 0 spiro atoms. The molecule has 0 aliphatic carbocycles. The molecule has 2 aromatic carbocycles. The molecule has 3 aromatic rings. The molecule has 0 atom stereocenters. The minimum atomic E-state index is -0.147. The number of hydrogen-bond donors (Lipinski definition) is 1. The van der Waals surface area contributed by atoms with E-state index in [1.54, 1.807) is 23.5 Å². The number of nitrogens with one attached hydrogen (secondary N) is 1. The molecule has 27 heavy (non-hydrogen) atoms. The van der Waals surface area contributed by atoms with Crippen LogP contribution in [0.1, 0.15) is 27.4 Å². The van der Waals surface area contributed by atoms with Crippen LogP contribution in [0, 0.1) is 20.8 Å². The van der Waals surface area contributed by atoms with Crippen molar-refractivity contribution in [2.24, 2.45) is 0 Å². The van der Waals surface area contributed by atoms with Gasteiger partial charge in [0.05, 0.1) is 10.7 Å². The normalized spacial score (nSPS) is 10.9. The Bertz CT molecular complexity index is 938. The number of aryl methyl sites for hydroxylation is 3. The van der Waals surface area contributed by atoms with Crippen LogP contribution in [0.25, 0.3) is 6.08 Å². The predicted molar refractivity (Wildman–Crippen MR) is 111 cm³/mol. The van der Waals surface area contributed by atoms with Gasteiger partial charge in [-0.1, -0.05) is 30.3 Å². The van der Waals surface area contributed by atoms with Gasteiger partial charge in [-0.25, -0.2) is 4.98 Å². The van der Waals surface area contributed by atoms with E-state index in [0.29, 0.717) is 6.61 Å². The highest BCUT2D eigenvalue weighted by Crippen LogP contribution is 2.20. The SMILES string of the molecule is Cc1nc(COc2ccc(C=CC(=O)Nc3c(C)cccc3C)cc2)cs1. The molecule has 0 aliphatic rings. The number of para-hydroxylation sites is 1. The van der Waals surface area contributed by atoms with Crippen molar-refractivity contribution < 1.29 is 9.53 Å². The zero-order valence-corrected chi connectivity index (χ0v) is 16.5. The van der Waals surface area contributed by atoms with E-state index in [9.17, 15) is 4.79 Å². The minimum Gasteiger partial charge on any atom is -0.487 e. The number of amides is 1. The fraction of sp³-hybridized carbons (Fsp3) is 0.182. The van der Waals surface area contributed by atoms with E-state index in [4.69, 9.17) is 4.74 Å². The summed E-state index contributed by atoms with van der Waals surface area (Å²) in [5.41, 5.74) is 4.84. The van der Waals surface area contributed by atoms with Gasteiger partial charge in [0, 0.05) is 17.1 Å². The lowest BCUT2D eigenvalue weighted by atomic mass is 10.1. The van der Waals surface area contributed by atoms with Crippen molar-refractivity contribution in [1.82, 2.24) is 4.98 Å². The summed E-state index contributed by atoms with van der Waals surface area (Å²) in [7, 11) is 0. The fourth-order valence-electron chi connectivity index (χ4n) is 2.66.